The van der Waals surface area contributed by atoms with E-state index in [0.29, 0.717) is 0 Å². The van der Waals surface area contributed by atoms with Gasteiger partial charge in [-0.2, -0.15) is 0 Å². The molecule has 65 heavy (non-hydrogen) atoms. The van der Waals surface area contributed by atoms with Crippen LogP contribution < -0.4 is 9.80 Å². The molecule has 10 aromatic rings. The minimum absolute atomic E-state index is 0.438. The van der Waals surface area contributed by atoms with Gasteiger partial charge in [0, 0.05) is 34.0 Å². The number of hydrogen-bond donors (Lipinski definition) is 0. The summed E-state index contributed by atoms with van der Waals surface area (Å²) in [4.78, 5) is 4.83. The van der Waals surface area contributed by atoms with E-state index >= 15 is 0 Å². The second-order valence-electron chi connectivity index (χ2n) is 17.3. The second-order valence-corrected chi connectivity index (χ2v) is 17.3. The van der Waals surface area contributed by atoms with Gasteiger partial charge in [0.25, 0.3) is 0 Å². The standard InChI is InChI=1S/C63H46N2/c1-43-40-50(64(47-23-8-4-9-24-47)48-25-10-5-11-26-48)36-38-52(43)53-39-37-51(41-44(53)2)65(49-27-18-22-46(42-49)45-20-6-3-7-21-45)61-35-19-34-60-62(61)56-30-14-17-33-59(56)63(60)57-31-15-12-28-54(57)55-29-13-16-32-58(55)63/h3-42H,1-2H3. The summed E-state index contributed by atoms with van der Waals surface area (Å²) in [5.74, 6) is 0. The molecule has 2 heteroatoms. The molecule has 10 aromatic carbocycles. The van der Waals surface area contributed by atoms with E-state index in [4.69, 9.17) is 0 Å². The van der Waals surface area contributed by atoms with Crippen LogP contribution in [-0.2, 0) is 5.41 Å². The Morgan fingerprint density at radius 2 is 0.692 bits per heavy atom. The molecule has 2 nitrogen and oxygen atoms in total. The molecule has 0 bridgehead atoms. The molecule has 1 spiro atoms. The van der Waals surface area contributed by atoms with Crippen molar-refractivity contribution >= 4 is 34.1 Å². The molecule has 0 unspecified atom stereocenters. The summed E-state index contributed by atoms with van der Waals surface area (Å²) in [6.07, 6.45) is 0. The van der Waals surface area contributed by atoms with E-state index in [1.54, 1.807) is 0 Å². The first-order chi connectivity index (χ1) is 32.1. The zero-order valence-corrected chi connectivity index (χ0v) is 36.5. The van der Waals surface area contributed by atoms with E-state index in [2.05, 4.69) is 266 Å². The molecule has 0 radical (unpaired) electrons. The van der Waals surface area contributed by atoms with Gasteiger partial charge in [0.1, 0.15) is 0 Å². The third kappa shape index (κ3) is 6.09. The Labute approximate surface area is 382 Å². The number of rotatable bonds is 8. The van der Waals surface area contributed by atoms with Crippen molar-refractivity contribution in [3.63, 3.8) is 0 Å². The third-order valence-electron chi connectivity index (χ3n) is 13.7. The van der Waals surface area contributed by atoms with E-state index in [-0.39, 0.29) is 0 Å². The number of anilines is 6. The zero-order valence-electron chi connectivity index (χ0n) is 36.5. The summed E-state index contributed by atoms with van der Waals surface area (Å²) in [6, 6.07) is 89.1. The van der Waals surface area contributed by atoms with Crippen LogP contribution in [0.4, 0.5) is 34.1 Å². The smallest absolute Gasteiger partial charge is 0.0726 e. The fourth-order valence-electron chi connectivity index (χ4n) is 11.0. The van der Waals surface area contributed by atoms with Gasteiger partial charge in [0.2, 0.25) is 0 Å². The highest BCUT2D eigenvalue weighted by Gasteiger charge is 2.52. The number of fused-ring (bicyclic) bond motifs is 10. The Kier molecular flexibility index (Phi) is 9.21. The predicted molar refractivity (Wildman–Crippen MR) is 272 cm³/mol. The molecule has 0 N–H and O–H groups in total. The highest BCUT2D eigenvalue weighted by Crippen LogP contribution is 2.64. The van der Waals surface area contributed by atoms with Gasteiger partial charge in [-0.25, -0.2) is 0 Å². The molecule has 12 rings (SSSR count). The molecule has 0 saturated carbocycles. The number of benzene rings is 10. The molecule has 0 atom stereocenters. The lowest BCUT2D eigenvalue weighted by Gasteiger charge is -2.32. The van der Waals surface area contributed by atoms with Gasteiger partial charge in [-0.3, -0.25) is 0 Å². The fraction of sp³-hybridized carbons (Fsp3) is 0.0476. The highest BCUT2D eigenvalue weighted by molar-refractivity contribution is 6.01. The van der Waals surface area contributed by atoms with Gasteiger partial charge < -0.3 is 9.80 Å². The lowest BCUT2D eigenvalue weighted by Crippen LogP contribution is -2.26. The maximum Gasteiger partial charge on any atom is 0.0726 e. The molecular weight excluding hydrogens is 785 g/mol. The summed E-state index contributed by atoms with van der Waals surface area (Å²) >= 11 is 0. The Morgan fingerprint density at radius 1 is 0.277 bits per heavy atom. The van der Waals surface area contributed by atoms with E-state index in [9.17, 15) is 0 Å². The van der Waals surface area contributed by atoms with Crippen LogP contribution in [0.3, 0.4) is 0 Å². The fourth-order valence-corrected chi connectivity index (χ4v) is 11.0. The lowest BCUT2D eigenvalue weighted by atomic mass is 9.70. The van der Waals surface area contributed by atoms with Gasteiger partial charge in [0.05, 0.1) is 11.1 Å². The summed E-state index contributed by atoms with van der Waals surface area (Å²) in [6.45, 7) is 4.50. The molecule has 2 aliphatic carbocycles. The van der Waals surface area contributed by atoms with Crippen molar-refractivity contribution < 1.29 is 0 Å². The van der Waals surface area contributed by atoms with Gasteiger partial charge in [-0.1, -0.05) is 176 Å². The molecule has 2 aliphatic rings. The van der Waals surface area contributed by atoms with E-state index in [0.717, 1.165) is 34.1 Å². The number of para-hydroxylation sites is 2. The molecule has 0 aromatic heterocycles. The first kappa shape index (κ1) is 38.5. The van der Waals surface area contributed by atoms with Crippen LogP contribution in [0.15, 0.2) is 243 Å². The van der Waals surface area contributed by atoms with Crippen LogP contribution in [0.25, 0.3) is 44.5 Å². The van der Waals surface area contributed by atoms with Crippen molar-refractivity contribution in [2.24, 2.45) is 0 Å². The zero-order chi connectivity index (χ0) is 43.5. The molecule has 0 fully saturated rings. The number of aryl methyl sites for hydroxylation is 2. The largest absolute Gasteiger partial charge is 0.310 e. The van der Waals surface area contributed by atoms with Gasteiger partial charge in [-0.15, -0.1) is 0 Å². The van der Waals surface area contributed by atoms with Crippen LogP contribution in [0.1, 0.15) is 33.4 Å². The van der Waals surface area contributed by atoms with Gasteiger partial charge in [0.15, 0.2) is 0 Å². The summed E-state index contributed by atoms with van der Waals surface area (Å²) < 4.78 is 0. The maximum absolute atomic E-state index is 2.50. The summed E-state index contributed by atoms with van der Waals surface area (Å²) in [5, 5.41) is 0. The quantitative estimate of drug-likeness (QED) is 0.151. The Bertz CT molecular complexity index is 3320. The normalized spacial score (nSPS) is 12.6. The average molecular weight is 831 g/mol. The molecule has 0 aliphatic heterocycles. The van der Waals surface area contributed by atoms with Crippen LogP contribution >= 0.6 is 0 Å². The summed E-state index contributed by atoms with van der Waals surface area (Å²) in [7, 11) is 0. The minimum Gasteiger partial charge on any atom is -0.310 e. The molecule has 0 saturated heterocycles. The van der Waals surface area contributed by atoms with Crippen LogP contribution in [0, 0.1) is 13.8 Å². The first-order valence-corrected chi connectivity index (χ1v) is 22.6. The van der Waals surface area contributed by atoms with Crippen LogP contribution in [-0.4, -0.2) is 0 Å². The second kappa shape index (κ2) is 15.6. The SMILES string of the molecule is Cc1cc(N(c2ccccc2)c2ccccc2)ccc1-c1ccc(N(c2cccc(-c3ccccc3)c2)c2cccc3c2-c2ccccc2C32c3ccccc3-c3ccccc32)cc1C. The van der Waals surface area contributed by atoms with Crippen LogP contribution in [0.2, 0.25) is 0 Å². The average Bonchev–Trinajstić information content (AvgIpc) is 3.84. The van der Waals surface area contributed by atoms with Crippen molar-refractivity contribution in [1.29, 1.82) is 0 Å². The molecular formula is C63H46N2. The van der Waals surface area contributed by atoms with Crippen molar-refractivity contribution in [3.05, 3.63) is 276 Å². The topological polar surface area (TPSA) is 6.48 Å². The Balaban J connectivity index is 1.03. The van der Waals surface area contributed by atoms with Gasteiger partial charge >= 0.3 is 0 Å². The van der Waals surface area contributed by atoms with Crippen LogP contribution in [0.5, 0.6) is 0 Å². The van der Waals surface area contributed by atoms with E-state index in [1.807, 2.05) is 0 Å². The highest BCUT2D eigenvalue weighted by atomic mass is 15.1. The Morgan fingerprint density at radius 3 is 1.26 bits per heavy atom. The van der Waals surface area contributed by atoms with Gasteiger partial charge in [-0.05, 0) is 153 Å². The molecule has 0 heterocycles. The maximum atomic E-state index is 2.50. The molecule has 0 amide bonds. The number of hydrogen-bond acceptors (Lipinski definition) is 2. The minimum atomic E-state index is -0.438. The summed E-state index contributed by atoms with van der Waals surface area (Å²) in [5.41, 5.74) is 24.1. The van der Waals surface area contributed by atoms with Crippen molar-refractivity contribution in [2.75, 3.05) is 9.80 Å². The monoisotopic (exact) mass is 830 g/mol. The van der Waals surface area contributed by atoms with E-state index < -0.39 is 5.41 Å². The van der Waals surface area contributed by atoms with Crippen molar-refractivity contribution in [2.45, 2.75) is 19.3 Å². The third-order valence-corrected chi connectivity index (χ3v) is 13.7. The first-order valence-electron chi connectivity index (χ1n) is 22.6. The van der Waals surface area contributed by atoms with Crippen molar-refractivity contribution in [1.82, 2.24) is 0 Å². The van der Waals surface area contributed by atoms with E-state index in [1.165, 1.54) is 77.9 Å². The van der Waals surface area contributed by atoms with Crippen molar-refractivity contribution in [3.8, 4) is 44.5 Å². The predicted octanol–water partition coefficient (Wildman–Crippen LogP) is 16.9. The molecule has 308 valence electrons. The Hall–Kier alpha value is -8.20. The lowest BCUT2D eigenvalue weighted by molar-refractivity contribution is 0.794. The number of nitrogens with zero attached hydrogens (tertiary/aromatic N) is 2.